The highest BCUT2D eigenvalue weighted by Crippen LogP contribution is 2.17. The average molecular weight is 238 g/mol. The third kappa shape index (κ3) is 5.20. The summed E-state index contributed by atoms with van der Waals surface area (Å²) in [5.74, 6) is 0.826. The molecule has 0 saturated heterocycles. The Hall–Kier alpha value is -1.06. The van der Waals surface area contributed by atoms with Crippen LogP contribution in [0.5, 0.6) is 5.75 Å². The highest BCUT2D eigenvalue weighted by molar-refractivity contribution is 5.27. The fraction of sp³-hybridized carbons (Fsp3) is 0.571. The Morgan fingerprint density at radius 3 is 2.29 bits per heavy atom. The number of hydrogen-bond donors (Lipinski definition) is 1. The van der Waals surface area contributed by atoms with E-state index in [0.29, 0.717) is 13.0 Å². The normalized spacial score (nSPS) is 14.7. The largest absolute Gasteiger partial charge is 0.497 e. The Balaban J connectivity index is 2.56. The fourth-order valence-corrected chi connectivity index (χ4v) is 1.58. The van der Waals surface area contributed by atoms with Crippen LogP contribution in [0.15, 0.2) is 24.3 Å². The van der Waals surface area contributed by atoms with E-state index in [0.717, 1.165) is 11.3 Å². The van der Waals surface area contributed by atoms with Gasteiger partial charge in [0.15, 0.2) is 0 Å². The van der Waals surface area contributed by atoms with Crippen molar-refractivity contribution in [1.82, 2.24) is 0 Å². The van der Waals surface area contributed by atoms with E-state index >= 15 is 0 Å². The SMILES string of the molecule is COc1ccc(CC(C)(O)COC(C)C)cc1. The lowest BCUT2D eigenvalue weighted by molar-refractivity contribution is -0.0529. The van der Waals surface area contributed by atoms with Crippen LogP contribution < -0.4 is 4.74 Å². The zero-order valence-corrected chi connectivity index (χ0v) is 11.1. The van der Waals surface area contributed by atoms with E-state index in [1.807, 2.05) is 38.1 Å². The molecule has 3 nitrogen and oxygen atoms in total. The first-order chi connectivity index (χ1) is 7.93. The second kappa shape index (κ2) is 6.03. The molecule has 3 heteroatoms. The van der Waals surface area contributed by atoms with Crippen molar-refractivity contribution in [1.29, 1.82) is 0 Å². The van der Waals surface area contributed by atoms with Gasteiger partial charge < -0.3 is 14.6 Å². The summed E-state index contributed by atoms with van der Waals surface area (Å²) in [7, 11) is 1.64. The summed E-state index contributed by atoms with van der Waals surface area (Å²) < 4.78 is 10.5. The molecule has 0 spiro atoms. The average Bonchev–Trinajstić information content (AvgIpc) is 2.27. The van der Waals surface area contributed by atoms with Crippen LogP contribution in [0.2, 0.25) is 0 Å². The van der Waals surface area contributed by atoms with Gasteiger partial charge in [0.2, 0.25) is 0 Å². The first kappa shape index (κ1) is 14.0. The predicted molar refractivity (Wildman–Crippen MR) is 68.4 cm³/mol. The van der Waals surface area contributed by atoms with Crippen LogP contribution in [0, 0.1) is 0 Å². The van der Waals surface area contributed by atoms with Crippen molar-refractivity contribution in [2.45, 2.75) is 38.9 Å². The summed E-state index contributed by atoms with van der Waals surface area (Å²) in [5, 5.41) is 10.2. The van der Waals surface area contributed by atoms with Gasteiger partial charge in [0.05, 0.1) is 25.4 Å². The Bertz CT molecular complexity index is 328. The van der Waals surface area contributed by atoms with Gasteiger partial charge >= 0.3 is 0 Å². The third-order valence-electron chi connectivity index (χ3n) is 2.47. The second-order valence-electron chi connectivity index (χ2n) is 4.88. The van der Waals surface area contributed by atoms with E-state index in [1.54, 1.807) is 14.0 Å². The summed E-state index contributed by atoms with van der Waals surface area (Å²) in [6.07, 6.45) is 0.710. The van der Waals surface area contributed by atoms with Crippen LogP contribution in [0.4, 0.5) is 0 Å². The van der Waals surface area contributed by atoms with Gasteiger partial charge in [0, 0.05) is 6.42 Å². The quantitative estimate of drug-likeness (QED) is 0.827. The molecule has 1 N–H and O–H groups in total. The van der Waals surface area contributed by atoms with E-state index in [-0.39, 0.29) is 6.10 Å². The van der Waals surface area contributed by atoms with Crippen molar-refractivity contribution in [3.8, 4) is 5.75 Å². The van der Waals surface area contributed by atoms with Crippen molar-refractivity contribution in [3.05, 3.63) is 29.8 Å². The smallest absolute Gasteiger partial charge is 0.118 e. The maximum Gasteiger partial charge on any atom is 0.118 e. The maximum atomic E-state index is 10.2. The number of aliphatic hydroxyl groups is 1. The number of methoxy groups -OCH3 is 1. The molecule has 0 radical (unpaired) electrons. The van der Waals surface area contributed by atoms with Crippen LogP contribution in [0.1, 0.15) is 26.3 Å². The summed E-state index contributed by atoms with van der Waals surface area (Å²) in [6.45, 7) is 6.06. The maximum absolute atomic E-state index is 10.2. The van der Waals surface area contributed by atoms with Gasteiger partial charge in [-0.3, -0.25) is 0 Å². The Morgan fingerprint density at radius 1 is 1.24 bits per heavy atom. The molecule has 0 aliphatic heterocycles. The highest BCUT2D eigenvalue weighted by Gasteiger charge is 2.21. The Morgan fingerprint density at radius 2 is 1.82 bits per heavy atom. The van der Waals surface area contributed by atoms with Gasteiger partial charge in [-0.15, -0.1) is 0 Å². The summed E-state index contributed by atoms with van der Waals surface area (Å²) in [4.78, 5) is 0. The van der Waals surface area contributed by atoms with Crippen molar-refractivity contribution in [2.24, 2.45) is 0 Å². The van der Waals surface area contributed by atoms with Crippen LogP contribution >= 0.6 is 0 Å². The lowest BCUT2D eigenvalue weighted by atomic mass is 9.97. The van der Waals surface area contributed by atoms with Crippen LogP contribution in [0.25, 0.3) is 0 Å². The first-order valence-electron chi connectivity index (χ1n) is 5.90. The number of benzene rings is 1. The molecule has 0 heterocycles. The lowest BCUT2D eigenvalue weighted by Gasteiger charge is -2.24. The molecular formula is C14H22O3. The van der Waals surface area contributed by atoms with Crippen LogP contribution in [-0.2, 0) is 11.2 Å². The predicted octanol–water partition coefficient (Wildman–Crippen LogP) is 2.41. The molecule has 1 rings (SSSR count). The lowest BCUT2D eigenvalue weighted by Crippen LogP contribution is -2.34. The molecule has 1 atom stereocenters. The van der Waals surface area contributed by atoms with E-state index in [4.69, 9.17) is 9.47 Å². The van der Waals surface area contributed by atoms with E-state index in [9.17, 15) is 5.11 Å². The third-order valence-corrected chi connectivity index (χ3v) is 2.47. The second-order valence-corrected chi connectivity index (χ2v) is 4.88. The van der Waals surface area contributed by atoms with E-state index in [2.05, 4.69) is 0 Å². The van der Waals surface area contributed by atoms with Crippen molar-refractivity contribution in [2.75, 3.05) is 13.7 Å². The van der Waals surface area contributed by atoms with E-state index in [1.165, 1.54) is 0 Å². The fourth-order valence-electron chi connectivity index (χ4n) is 1.58. The molecule has 17 heavy (non-hydrogen) atoms. The zero-order valence-electron chi connectivity index (χ0n) is 11.1. The van der Waals surface area contributed by atoms with Gasteiger partial charge in [-0.05, 0) is 38.5 Å². The van der Waals surface area contributed by atoms with Crippen molar-refractivity contribution >= 4 is 0 Å². The number of ether oxygens (including phenoxy) is 2. The molecule has 0 aliphatic rings. The molecule has 96 valence electrons. The summed E-state index contributed by atoms with van der Waals surface area (Å²) in [5.41, 5.74) is 0.238. The molecular weight excluding hydrogens is 216 g/mol. The van der Waals surface area contributed by atoms with Crippen LogP contribution in [-0.4, -0.2) is 30.5 Å². The highest BCUT2D eigenvalue weighted by atomic mass is 16.5. The molecule has 0 fully saturated rings. The minimum absolute atomic E-state index is 0.136. The van der Waals surface area contributed by atoms with Gasteiger partial charge in [0.25, 0.3) is 0 Å². The zero-order chi connectivity index (χ0) is 12.9. The molecule has 1 aromatic rings. The molecule has 0 aliphatic carbocycles. The van der Waals surface area contributed by atoms with Gasteiger partial charge in [-0.1, -0.05) is 12.1 Å². The molecule has 1 aromatic carbocycles. The topological polar surface area (TPSA) is 38.7 Å². The Kier molecular flexibility index (Phi) is 4.97. The molecule has 1 unspecified atom stereocenters. The van der Waals surface area contributed by atoms with Gasteiger partial charge in [0.1, 0.15) is 5.75 Å². The van der Waals surface area contributed by atoms with E-state index < -0.39 is 5.60 Å². The number of hydrogen-bond acceptors (Lipinski definition) is 3. The monoisotopic (exact) mass is 238 g/mol. The van der Waals surface area contributed by atoms with Gasteiger partial charge in [-0.25, -0.2) is 0 Å². The van der Waals surface area contributed by atoms with Gasteiger partial charge in [-0.2, -0.15) is 0 Å². The molecule has 0 amide bonds. The molecule has 0 bridgehead atoms. The Labute approximate surface area is 103 Å². The molecule has 0 aromatic heterocycles. The number of rotatable bonds is 6. The minimum Gasteiger partial charge on any atom is -0.497 e. The summed E-state index contributed by atoms with van der Waals surface area (Å²) >= 11 is 0. The first-order valence-corrected chi connectivity index (χ1v) is 5.90. The molecule has 0 saturated carbocycles. The summed E-state index contributed by atoms with van der Waals surface area (Å²) in [6, 6.07) is 7.72. The van der Waals surface area contributed by atoms with Crippen molar-refractivity contribution in [3.63, 3.8) is 0 Å². The minimum atomic E-state index is -0.834. The standard InChI is InChI=1S/C14H22O3/c1-11(2)17-10-14(3,15)9-12-5-7-13(16-4)8-6-12/h5-8,11,15H,9-10H2,1-4H3. The van der Waals surface area contributed by atoms with Crippen molar-refractivity contribution < 1.29 is 14.6 Å². The van der Waals surface area contributed by atoms with Crippen LogP contribution in [0.3, 0.4) is 0 Å².